The molecule has 0 saturated carbocycles. The first-order chi connectivity index (χ1) is 7.79. The summed E-state index contributed by atoms with van der Waals surface area (Å²) in [6, 6.07) is 9.37. The van der Waals surface area contributed by atoms with Gasteiger partial charge in [-0.3, -0.25) is 0 Å². The molecule has 0 aliphatic rings. The van der Waals surface area contributed by atoms with Crippen LogP contribution in [0, 0.1) is 0 Å². The fourth-order valence-corrected chi connectivity index (χ4v) is 3.26. The van der Waals surface area contributed by atoms with Crippen molar-refractivity contribution < 1.29 is 13.5 Å². The van der Waals surface area contributed by atoms with E-state index in [0.717, 1.165) is 5.56 Å². The van der Waals surface area contributed by atoms with Crippen molar-refractivity contribution in [2.24, 2.45) is 0 Å². The van der Waals surface area contributed by atoms with Gasteiger partial charge in [0, 0.05) is 0 Å². The highest BCUT2D eigenvalue weighted by Gasteiger charge is 2.36. The lowest BCUT2D eigenvalue weighted by Gasteiger charge is -2.25. The number of aliphatic hydroxyl groups excluding tert-OH is 1. The van der Waals surface area contributed by atoms with Gasteiger partial charge in [0.25, 0.3) is 0 Å². The smallest absolute Gasteiger partial charge is 0.160 e. The quantitative estimate of drug-likeness (QED) is 0.893. The zero-order valence-corrected chi connectivity index (χ0v) is 11.4. The Morgan fingerprint density at radius 2 is 1.71 bits per heavy atom. The van der Waals surface area contributed by atoms with Crippen LogP contribution in [0.3, 0.4) is 0 Å². The van der Waals surface area contributed by atoms with Crippen LogP contribution in [0.25, 0.3) is 0 Å². The Labute approximate surface area is 103 Å². The average Bonchev–Trinajstić information content (AvgIpc) is 2.25. The van der Waals surface area contributed by atoms with Gasteiger partial charge in [-0.1, -0.05) is 30.3 Å². The second kappa shape index (κ2) is 5.19. The number of sulfone groups is 1. The van der Waals surface area contributed by atoms with E-state index in [9.17, 15) is 13.5 Å². The van der Waals surface area contributed by atoms with Crippen molar-refractivity contribution >= 4 is 9.84 Å². The lowest BCUT2D eigenvalue weighted by atomic mass is 10.1. The fourth-order valence-electron chi connectivity index (χ4n) is 1.65. The predicted molar refractivity (Wildman–Crippen MR) is 69.7 cm³/mol. The summed E-state index contributed by atoms with van der Waals surface area (Å²) in [7, 11) is -3.34. The van der Waals surface area contributed by atoms with Gasteiger partial charge in [0.05, 0.1) is 16.6 Å². The Hall–Kier alpha value is -0.870. The van der Waals surface area contributed by atoms with Gasteiger partial charge in [0.15, 0.2) is 9.84 Å². The molecule has 0 aliphatic heterocycles. The maximum Gasteiger partial charge on any atom is 0.160 e. The van der Waals surface area contributed by atoms with E-state index >= 15 is 0 Å². The molecule has 0 heterocycles. The van der Waals surface area contributed by atoms with Crippen molar-refractivity contribution in [2.75, 3.05) is 6.61 Å². The monoisotopic (exact) mass is 256 g/mol. The van der Waals surface area contributed by atoms with Crippen molar-refractivity contribution in [3.8, 4) is 0 Å². The molecule has 0 aliphatic carbocycles. The molecule has 0 bridgehead atoms. The molecule has 0 unspecified atom stereocenters. The fraction of sp³-hybridized carbons (Fsp3) is 0.538. The van der Waals surface area contributed by atoms with E-state index in [1.165, 1.54) is 0 Å². The molecule has 1 atom stereocenters. The molecule has 1 N–H and O–H groups in total. The Kier molecular flexibility index (Phi) is 4.33. The van der Waals surface area contributed by atoms with E-state index in [1.807, 2.05) is 30.3 Å². The summed E-state index contributed by atoms with van der Waals surface area (Å²) in [5, 5.41) is 8.58. The summed E-state index contributed by atoms with van der Waals surface area (Å²) in [5.41, 5.74) is 0.930. The topological polar surface area (TPSA) is 54.4 Å². The minimum absolute atomic E-state index is 0.339. The molecule has 0 saturated heterocycles. The number of hydrogen-bond donors (Lipinski definition) is 1. The largest absolute Gasteiger partial charge is 0.395 e. The van der Waals surface area contributed by atoms with Gasteiger partial charge >= 0.3 is 0 Å². The van der Waals surface area contributed by atoms with Crippen LogP contribution < -0.4 is 0 Å². The maximum atomic E-state index is 12.2. The molecule has 1 aromatic rings. The normalized spacial score (nSPS) is 14.6. The van der Waals surface area contributed by atoms with Gasteiger partial charge in [-0.15, -0.1) is 0 Å². The summed E-state index contributed by atoms with van der Waals surface area (Å²) in [5.74, 6) is 0. The number of hydrogen-bond acceptors (Lipinski definition) is 3. The predicted octanol–water partition coefficient (Wildman–Crippen LogP) is 1.80. The third kappa shape index (κ3) is 3.30. The van der Waals surface area contributed by atoms with E-state index in [0.29, 0.717) is 6.42 Å². The van der Waals surface area contributed by atoms with Gasteiger partial charge in [-0.2, -0.15) is 0 Å². The molecular weight excluding hydrogens is 236 g/mol. The molecule has 17 heavy (non-hydrogen) atoms. The van der Waals surface area contributed by atoms with Crippen molar-refractivity contribution in [3.05, 3.63) is 35.9 Å². The highest BCUT2D eigenvalue weighted by atomic mass is 32.2. The first kappa shape index (κ1) is 14.2. The van der Waals surface area contributed by atoms with Gasteiger partial charge in [-0.25, -0.2) is 8.42 Å². The molecule has 96 valence electrons. The van der Waals surface area contributed by atoms with Crippen LogP contribution in [-0.4, -0.2) is 30.1 Å². The van der Waals surface area contributed by atoms with Crippen LogP contribution in [-0.2, 0) is 16.3 Å². The first-order valence-corrected chi connectivity index (χ1v) is 7.22. The Morgan fingerprint density at radius 1 is 1.18 bits per heavy atom. The van der Waals surface area contributed by atoms with E-state index in [2.05, 4.69) is 0 Å². The van der Waals surface area contributed by atoms with Crippen molar-refractivity contribution in [1.82, 2.24) is 0 Å². The van der Waals surface area contributed by atoms with Gasteiger partial charge in [0.2, 0.25) is 0 Å². The molecule has 0 fully saturated rings. The van der Waals surface area contributed by atoms with Crippen LogP contribution in [0.4, 0.5) is 0 Å². The SMILES string of the molecule is CC(C)(C)S(=O)(=O)[C@@H](CO)Cc1ccccc1. The molecule has 0 spiro atoms. The average molecular weight is 256 g/mol. The van der Waals surface area contributed by atoms with Crippen LogP contribution in [0.15, 0.2) is 30.3 Å². The van der Waals surface area contributed by atoms with Crippen molar-refractivity contribution in [3.63, 3.8) is 0 Å². The Morgan fingerprint density at radius 3 is 2.12 bits per heavy atom. The van der Waals surface area contributed by atoms with Gasteiger partial charge in [0.1, 0.15) is 0 Å². The molecule has 4 heteroatoms. The lowest BCUT2D eigenvalue weighted by Crippen LogP contribution is -2.40. The Bertz CT molecular complexity index is 443. The van der Waals surface area contributed by atoms with E-state index in [-0.39, 0.29) is 6.61 Å². The van der Waals surface area contributed by atoms with Crippen LogP contribution in [0.1, 0.15) is 26.3 Å². The number of rotatable bonds is 4. The standard InChI is InChI=1S/C13H20O3S/c1-13(2,3)17(15,16)12(10-14)9-11-7-5-4-6-8-11/h4-8,12,14H,9-10H2,1-3H3/t12-/m1/s1. The number of aliphatic hydroxyl groups is 1. The third-order valence-corrected chi connectivity index (χ3v) is 5.70. The highest BCUT2D eigenvalue weighted by molar-refractivity contribution is 7.93. The molecule has 0 radical (unpaired) electrons. The lowest BCUT2D eigenvalue weighted by molar-refractivity contribution is 0.287. The van der Waals surface area contributed by atoms with E-state index in [4.69, 9.17) is 0 Å². The van der Waals surface area contributed by atoms with Crippen LogP contribution in [0.5, 0.6) is 0 Å². The number of benzene rings is 1. The first-order valence-electron chi connectivity index (χ1n) is 5.67. The summed E-state index contributed by atoms with van der Waals surface area (Å²) in [6.07, 6.45) is 0.358. The molecular formula is C13H20O3S. The second-order valence-corrected chi connectivity index (χ2v) is 8.13. The molecule has 3 nitrogen and oxygen atoms in total. The van der Waals surface area contributed by atoms with Crippen LogP contribution >= 0.6 is 0 Å². The minimum Gasteiger partial charge on any atom is -0.395 e. The molecule has 0 amide bonds. The maximum absolute atomic E-state index is 12.2. The van der Waals surface area contributed by atoms with E-state index in [1.54, 1.807) is 20.8 Å². The van der Waals surface area contributed by atoms with Crippen molar-refractivity contribution in [1.29, 1.82) is 0 Å². The minimum atomic E-state index is -3.34. The zero-order chi connectivity index (χ0) is 13.1. The van der Waals surface area contributed by atoms with Gasteiger partial charge in [-0.05, 0) is 32.8 Å². The Balaban J connectivity index is 2.95. The van der Waals surface area contributed by atoms with Gasteiger partial charge < -0.3 is 5.11 Å². The van der Waals surface area contributed by atoms with Crippen LogP contribution in [0.2, 0.25) is 0 Å². The van der Waals surface area contributed by atoms with Crippen molar-refractivity contribution in [2.45, 2.75) is 37.2 Å². The van der Waals surface area contributed by atoms with E-state index < -0.39 is 19.8 Å². The third-order valence-electron chi connectivity index (χ3n) is 2.80. The summed E-state index contributed by atoms with van der Waals surface area (Å²) >= 11 is 0. The molecule has 1 rings (SSSR count). The zero-order valence-electron chi connectivity index (χ0n) is 10.6. The molecule has 0 aromatic heterocycles. The second-order valence-electron chi connectivity index (χ2n) is 5.15. The summed E-state index contributed by atoms with van der Waals surface area (Å²) in [6.45, 7) is 4.65. The highest BCUT2D eigenvalue weighted by Crippen LogP contribution is 2.23. The summed E-state index contributed by atoms with van der Waals surface area (Å²) in [4.78, 5) is 0. The molecule has 1 aromatic carbocycles. The summed E-state index contributed by atoms with van der Waals surface area (Å²) < 4.78 is 23.6.